The number of anilines is 1. The van der Waals surface area contributed by atoms with Crippen molar-refractivity contribution < 1.29 is 55.5 Å². The quantitative estimate of drug-likeness (QED) is 0.205. The molecule has 4 aromatic rings. The number of phosphoric ester groups is 1. The third-order valence-electron chi connectivity index (χ3n) is 7.36. The molecule has 0 aliphatic carbocycles. The molecule has 45 heavy (non-hydrogen) atoms. The Morgan fingerprint density at radius 2 is 1.58 bits per heavy atom. The summed E-state index contributed by atoms with van der Waals surface area (Å²) in [5.74, 6) is 0.0103. The first-order chi connectivity index (χ1) is 21.4. The number of nitrogens with two attached hydrogens (primary N) is 1. The normalized spacial score (nSPS) is 38.0. The van der Waals surface area contributed by atoms with Crippen molar-refractivity contribution in [2.75, 3.05) is 25.3 Å². The van der Waals surface area contributed by atoms with Gasteiger partial charge in [-0.25, -0.2) is 38.3 Å². The molecule has 0 aromatic carbocycles. The molecule has 2 unspecified atom stereocenters. The summed E-state index contributed by atoms with van der Waals surface area (Å²) in [6.45, 7) is -1.72. The highest BCUT2D eigenvalue weighted by molar-refractivity contribution is 7.52. The van der Waals surface area contributed by atoms with Crippen LogP contribution in [0.2, 0.25) is 0 Å². The van der Waals surface area contributed by atoms with Crippen molar-refractivity contribution in [2.45, 2.75) is 49.2 Å². The maximum Gasteiger partial charge on any atom is 0.472 e. The predicted molar refractivity (Wildman–Crippen MR) is 142 cm³/mol. The van der Waals surface area contributed by atoms with Crippen molar-refractivity contribution in [3.8, 4) is 0 Å². The maximum atomic E-state index is 15.9. The summed E-state index contributed by atoms with van der Waals surface area (Å²) in [6.07, 6.45) is -10.7. The zero-order chi connectivity index (χ0) is 31.7. The van der Waals surface area contributed by atoms with E-state index in [1.165, 1.54) is 10.9 Å². The molecular weight excluding hydrogens is 654 g/mol. The molecule has 3 fully saturated rings. The molecule has 3 saturated heterocycles. The minimum Gasteiger partial charge on any atom is -0.382 e. The molecule has 2 bridgehead atoms. The van der Waals surface area contributed by atoms with Crippen LogP contribution in [-0.4, -0.2) is 105 Å². The van der Waals surface area contributed by atoms with Gasteiger partial charge < -0.3 is 39.2 Å². The molecule has 10 atom stereocenters. The number of aromatic nitrogens is 8. The van der Waals surface area contributed by atoms with E-state index in [0.29, 0.717) is 0 Å². The summed E-state index contributed by atoms with van der Waals surface area (Å²) in [6, 6.07) is 0. The molecule has 20 nitrogen and oxygen atoms in total. The van der Waals surface area contributed by atoms with Crippen LogP contribution < -0.4 is 11.3 Å². The monoisotopic (exact) mass is 677 g/mol. The van der Waals surface area contributed by atoms with E-state index in [4.69, 9.17) is 33.5 Å². The molecule has 242 valence electrons. The number of alkyl halides is 2. The number of nitrogens with one attached hydrogen (secondary N) is 1. The molecule has 4 aromatic heterocycles. The summed E-state index contributed by atoms with van der Waals surface area (Å²) in [5, 5.41) is 0. The molecule has 7 rings (SSSR count). The van der Waals surface area contributed by atoms with Crippen LogP contribution in [0.3, 0.4) is 0 Å². The average molecular weight is 677 g/mol. The number of halogens is 2. The van der Waals surface area contributed by atoms with Gasteiger partial charge in [0, 0.05) is 0 Å². The molecule has 0 saturated carbocycles. The Bertz CT molecular complexity index is 1910. The fourth-order valence-electron chi connectivity index (χ4n) is 5.28. The second kappa shape index (κ2) is 11.2. The number of imidazole rings is 2. The van der Waals surface area contributed by atoms with Crippen molar-refractivity contribution in [1.82, 2.24) is 39.0 Å². The van der Waals surface area contributed by atoms with Crippen LogP contribution in [0.25, 0.3) is 22.3 Å². The summed E-state index contributed by atoms with van der Waals surface area (Å²) in [7, 11) is -9.86. The first-order valence-corrected chi connectivity index (χ1v) is 16.3. The maximum absolute atomic E-state index is 15.9. The lowest BCUT2D eigenvalue weighted by molar-refractivity contribution is -0.0620. The van der Waals surface area contributed by atoms with Crippen LogP contribution in [0, 0.1) is 0 Å². The van der Waals surface area contributed by atoms with E-state index in [1.807, 2.05) is 0 Å². The van der Waals surface area contributed by atoms with Crippen LogP contribution in [0.15, 0.2) is 30.1 Å². The first kappa shape index (κ1) is 30.4. The number of nitrogen functional groups attached to an aromatic ring is 1. The second-order valence-electron chi connectivity index (χ2n) is 10.2. The first-order valence-electron chi connectivity index (χ1n) is 13.1. The zero-order valence-corrected chi connectivity index (χ0v) is 24.3. The smallest absolute Gasteiger partial charge is 0.382 e. The highest BCUT2D eigenvalue weighted by atomic mass is 31.2. The van der Waals surface area contributed by atoms with Gasteiger partial charge in [-0.3, -0.25) is 27.5 Å². The second-order valence-corrected chi connectivity index (χ2v) is 13.4. The Hall–Kier alpha value is -3.30. The Morgan fingerprint density at radius 3 is 2.38 bits per heavy atom. The van der Waals surface area contributed by atoms with Crippen LogP contribution >= 0.6 is 15.4 Å². The Labute approximate surface area is 248 Å². The summed E-state index contributed by atoms with van der Waals surface area (Å²) in [5.41, 5.74) is 5.18. The van der Waals surface area contributed by atoms with Crippen molar-refractivity contribution >= 4 is 43.6 Å². The number of ether oxygens (including phenoxy) is 3. The lowest BCUT2D eigenvalue weighted by Crippen LogP contribution is -2.36. The third-order valence-corrected chi connectivity index (χ3v) is 9.37. The minimum atomic E-state index is -5.18. The number of rotatable bonds is 2. The van der Waals surface area contributed by atoms with Gasteiger partial charge in [-0.15, -0.1) is 0 Å². The molecule has 3 aliphatic rings. The van der Waals surface area contributed by atoms with Gasteiger partial charge in [-0.05, 0) is 0 Å². The zero-order valence-electron chi connectivity index (χ0n) is 22.5. The van der Waals surface area contributed by atoms with E-state index >= 15 is 8.78 Å². The molecular formula is C21H23F2N9O11P2. The highest BCUT2D eigenvalue weighted by Gasteiger charge is 2.53. The molecule has 0 amide bonds. The molecule has 5 N–H and O–H groups in total. The molecule has 3 aliphatic heterocycles. The van der Waals surface area contributed by atoms with E-state index in [9.17, 15) is 23.7 Å². The summed E-state index contributed by atoms with van der Waals surface area (Å²) >= 11 is 0. The summed E-state index contributed by atoms with van der Waals surface area (Å²) < 4.78 is 92.0. The highest BCUT2D eigenvalue weighted by Crippen LogP contribution is 2.52. The van der Waals surface area contributed by atoms with Gasteiger partial charge in [0.25, 0.3) is 5.56 Å². The van der Waals surface area contributed by atoms with Crippen LogP contribution in [0.5, 0.6) is 0 Å². The lowest BCUT2D eigenvalue weighted by atomic mass is 10.1. The molecule has 7 heterocycles. The number of fused-ring (bicyclic) bond motifs is 5. The fraction of sp³-hybridized carbons (Fsp3) is 0.524. The number of hydrogen-bond donors (Lipinski definition) is 4. The summed E-state index contributed by atoms with van der Waals surface area (Å²) in [4.78, 5) is 55.4. The number of nitrogens with zero attached hydrogens (tertiary/aromatic N) is 7. The van der Waals surface area contributed by atoms with Gasteiger partial charge in [0.2, 0.25) is 0 Å². The number of hydrogen-bond acceptors (Lipinski definition) is 15. The van der Waals surface area contributed by atoms with E-state index in [0.717, 1.165) is 23.5 Å². The Balaban J connectivity index is 1.20. The van der Waals surface area contributed by atoms with Gasteiger partial charge in [0.1, 0.15) is 42.6 Å². The fourth-order valence-corrected chi connectivity index (χ4v) is 7.02. The van der Waals surface area contributed by atoms with Gasteiger partial charge in [-0.2, -0.15) is 0 Å². The number of aromatic amines is 1. The van der Waals surface area contributed by atoms with Crippen molar-refractivity contribution in [3.05, 3.63) is 35.7 Å². The minimum absolute atomic E-state index is 0.0103. The van der Waals surface area contributed by atoms with E-state index < -0.39 is 89.8 Å². The van der Waals surface area contributed by atoms with Gasteiger partial charge in [0.15, 0.2) is 47.4 Å². The standard InChI is InChI=1S/C21H23F2N9O11P2/c22-10-8-1-39-44(34,35)7-38-14-9(42-20(11(14)23)31-5-29-12-16(24)25-3-26-17(12)31)2-40-45(36,37)43-15(10)21(41-8)32-6-30-13-18(32)27-4-28-19(13)33/h3-6,8-11,14-15,20-21H,1-2,7H2,(H,34,35)(H,36,37)(H2,24,25,26)(H,27,28,33)/t8-,9-,10-,11-,14-,15-,20-,21-/m1/s1. The van der Waals surface area contributed by atoms with Crippen LogP contribution in [0.1, 0.15) is 12.5 Å². The van der Waals surface area contributed by atoms with Gasteiger partial charge in [0.05, 0.1) is 32.2 Å². The molecule has 0 radical (unpaired) electrons. The van der Waals surface area contributed by atoms with Crippen LogP contribution in [0.4, 0.5) is 14.6 Å². The topological polar surface area (TPSA) is 263 Å². The van der Waals surface area contributed by atoms with Crippen LogP contribution in [-0.2, 0) is 36.9 Å². The Kier molecular flexibility index (Phi) is 7.55. The Morgan fingerprint density at radius 1 is 0.889 bits per heavy atom. The van der Waals surface area contributed by atoms with E-state index in [1.54, 1.807) is 0 Å². The van der Waals surface area contributed by atoms with Crippen molar-refractivity contribution in [2.24, 2.45) is 0 Å². The van der Waals surface area contributed by atoms with Gasteiger partial charge in [-0.1, -0.05) is 0 Å². The lowest BCUT2D eigenvalue weighted by Gasteiger charge is -2.25. The number of phosphoric acid groups is 1. The average Bonchev–Trinajstić information content (AvgIpc) is 3.75. The predicted octanol–water partition coefficient (Wildman–Crippen LogP) is 0.0732. The van der Waals surface area contributed by atoms with Crippen molar-refractivity contribution in [1.29, 1.82) is 0 Å². The molecule has 0 spiro atoms. The SMILES string of the molecule is Nc1ncnc2c1ncn2[C@@H]1O[C@@H]2COP(=O)(O)O[C@@H]3[C@H](F)[C@@H](COP(=O)(O)CO[C@H]2[C@H]1F)O[C@H]3n1cnc2c(=O)[nH]cnc21. The van der Waals surface area contributed by atoms with E-state index in [2.05, 4.69) is 29.9 Å². The molecule has 24 heteroatoms. The van der Waals surface area contributed by atoms with E-state index in [-0.39, 0.29) is 28.1 Å². The largest absolute Gasteiger partial charge is 0.472 e. The third kappa shape index (κ3) is 5.46. The van der Waals surface area contributed by atoms with Gasteiger partial charge >= 0.3 is 15.4 Å². The van der Waals surface area contributed by atoms with Crippen molar-refractivity contribution in [3.63, 3.8) is 0 Å². The number of H-pyrrole nitrogens is 1.